The van der Waals surface area contributed by atoms with Crippen LogP contribution in [0.15, 0.2) is 83.0 Å². The van der Waals surface area contributed by atoms with Crippen LogP contribution >= 0.6 is 0 Å². The van der Waals surface area contributed by atoms with Gasteiger partial charge in [-0.1, -0.05) is 49.8 Å². The van der Waals surface area contributed by atoms with Crippen LogP contribution in [0, 0.1) is 5.41 Å². The van der Waals surface area contributed by atoms with Gasteiger partial charge in [0.1, 0.15) is 5.75 Å². The fraction of sp³-hybridized carbons (Fsp3) is 0.308. The number of carbonyl (C=O) groups is 2. The third-order valence-corrected chi connectivity index (χ3v) is 5.25. The van der Waals surface area contributed by atoms with Gasteiger partial charge in [-0.25, -0.2) is 0 Å². The Labute approximate surface area is 179 Å². The Hall–Kier alpha value is -3.14. The number of amides is 1. The number of carbonyl (C=O) groups excluding carboxylic acids is 2. The van der Waals surface area contributed by atoms with Crippen LogP contribution in [0.3, 0.4) is 0 Å². The zero-order chi connectivity index (χ0) is 22.3. The summed E-state index contributed by atoms with van der Waals surface area (Å²) in [5, 5.41) is 12.0. The molecule has 1 aromatic carbocycles. The van der Waals surface area contributed by atoms with Crippen molar-refractivity contribution in [1.82, 2.24) is 0 Å². The van der Waals surface area contributed by atoms with Crippen molar-refractivity contribution in [2.24, 2.45) is 5.41 Å². The molecule has 1 aliphatic carbocycles. The summed E-state index contributed by atoms with van der Waals surface area (Å²) < 4.78 is 0. The monoisotopic (exact) mass is 405 g/mol. The van der Waals surface area contributed by atoms with Gasteiger partial charge in [0.2, 0.25) is 5.91 Å². The number of Topliss-reactive ketones (excluding diaryl/α,β-unsaturated/α-hetero) is 1. The Balaban J connectivity index is 1.99. The molecule has 1 aliphatic rings. The number of rotatable bonds is 6. The third-order valence-electron chi connectivity index (χ3n) is 5.25. The average molecular weight is 406 g/mol. The second-order valence-electron chi connectivity index (χ2n) is 8.37. The van der Waals surface area contributed by atoms with Crippen molar-refractivity contribution in [3.8, 4) is 5.75 Å². The maximum Gasteiger partial charge on any atom is 0.248 e. The van der Waals surface area contributed by atoms with E-state index in [0.29, 0.717) is 12.1 Å². The van der Waals surface area contributed by atoms with Gasteiger partial charge in [-0.15, -0.1) is 0 Å². The highest BCUT2D eigenvalue weighted by molar-refractivity contribution is 6.00. The quantitative estimate of drug-likeness (QED) is 0.344. The Morgan fingerprint density at radius 2 is 1.77 bits per heavy atom. The summed E-state index contributed by atoms with van der Waals surface area (Å²) in [7, 11) is 0. The fourth-order valence-corrected chi connectivity index (χ4v) is 3.36. The first kappa shape index (κ1) is 23.1. The first-order valence-electron chi connectivity index (χ1n) is 10.1. The molecule has 0 spiro atoms. The van der Waals surface area contributed by atoms with E-state index < -0.39 is 0 Å². The Morgan fingerprint density at radius 1 is 1.10 bits per heavy atom. The first-order valence-corrected chi connectivity index (χ1v) is 10.1. The molecule has 158 valence electrons. The van der Waals surface area contributed by atoms with Gasteiger partial charge in [-0.05, 0) is 73.6 Å². The minimum atomic E-state index is -0.227. The molecule has 4 nitrogen and oxygen atoms in total. The van der Waals surface area contributed by atoms with E-state index in [1.165, 1.54) is 18.2 Å². The molecule has 0 atom stereocenters. The topological polar surface area (TPSA) is 66.4 Å². The fourth-order valence-electron chi connectivity index (χ4n) is 3.36. The van der Waals surface area contributed by atoms with Crippen molar-refractivity contribution >= 4 is 17.4 Å². The number of benzene rings is 1. The van der Waals surface area contributed by atoms with Crippen LogP contribution in [0.5, 0.6) is 5.75 Å². The highest BCUT2D eigenvalue weighted by Crippen LogP contribution is 2.39. The van der Waals surface area contributed by atoms with E-state index in [2.05, 4.69) is 25.2 Å². The number of ketones is 1. The van der Waals surface area contributed by atoms with E-state index in [4.69, 9.17) is 0 Å². The molecular weight excluding hydrogens is 374 g/mol. The van der Waals surface area contributed by atoms with Gasteiger partial charge in [-0.2, -0.15) is 0 Å². The summed E-state index contributed by atoms with van der Waals surface area (Å²) in [4.78, 5) is 24.1. The van der Waals surface area contributed by atoms with Gasteiger partial charge >= 0.3 is 0 Å². The molecular formula is C26H31NO3. The highest BCUT2D eigenvalue weighted by Gasteiger charge is 2.30. The van der Waals surface area contributed by atoms with E-state index >= 15 is 0 Å². The van der Waals surface area contributed by atoms with E-state index in [-0.39, 0.29) is 22.9 Å². The van der Waals surface area contributed by atoms with Gasteiger partial charge in [-0.3, -0.25) is 9.59 Å². The normalized spacial score (nSPS) is 17.8. The molecule has 0 radical (unpaired) electrons. The van der Waals surface area contributed by atoms with Crippen LogP contribution in [0.1, 0.15) is 47.5 Å². The molecule has 0 heterocycles. The predicted molar refractivity (Wildman–Crippen MR) is 123 cm³/mol. The summed E-state index contributed by atoms with van der Waals surface area (Å²) in [5.41, 5.74) is 4.48. The second-order valence-corrected chi connectivity index (χ2v) is 8.37. The van der Waals surface area contributed by atoms with Crippen molar-refractivity contribution in [2.45, 2.75) is 47.5 Å². The molecule has 1 amide bonds. The molecule has 2 rings (SSSR count). The summed E-state index contributed by atoms with van der Waals surface area (Å²) >= 11 is 0. The molecule has 0 saturated carbocycles. The van der Waals surface area contributed by atoms with Gasteiger partial charge in [0.15, 0.2) is 5.78 Å². The smallest absolute Gasteiger partial charge is 0.248 e. The van der Waals surface area contributed by atoms with Crippen molar-refractivity contribution in [2.75, 3.05) is 5.32 Å². The zero-order valence-electron chi connectivity index (χ0n) is 18.5. The SMILES string of the molecule is CC1=C(/C=C/C(C)=C/C=C/C(C)=C\C(=O)Nc2ccc(O)cc2)C(C)(C)CCC1=O. The number of allylic oxidation sites excluding steroid dienone is 9. The van der Waals surface area contributed by atoms with Crippen LogP contribution in [0.4, 0.5) is 5.69 Å². The summed E-state index contributed by atoms with van der Waals surface area (Å²) in [6.45, 7) is 10.1. The van der Waals surface area contributed by atoms with Crippen molar-refractivity contribution in [3.05, 3.63) is 83.0 Å². The average Bonchev–Trinajstić information content (AvgIpc) is 2.66. The molecule has 1 aromatic rings. The van der Waals surface area contributed by atoms with E-state index in [1.54, 1.807) is 12.1 Å². The maximum atomic E-state index is 12.1. The largest absolute Gasteiger partial charge is 0.508 e. The van der Waals surface area contributed by atoms with Crippen LogP contribution in [-0.4, -0.2) is 16.8 Å². The molecule has 30 heavy (non-hydrogen) atoms. The van der Waals surface area contributed by atoms with E-state index in [1.807, 2.05) is 45.1 Å². The van der Waals surface area contributed by atoms with Gasteiger partial charge in [0, 0.05) is 18.2 Å². The van der Waals surface area contributed by atoms with E-state index in [9.17, 15) is 14.7 Å². The summed E-state index contributed by atoms with van der Waals surface area (Å²) in [5.74, 6) is 0.167. The van der Waals surface area contributed by atoms with Crippen LogP contribution in [0.2, 0.25) is 0 Å². The van der Waals surface area contributed by atoms with Gasteiger partial charge in [0.25, 0.3) is 0 Å². The number of phenolic OH excluding ortho intramolecular Hbond substituents is 1. The number of nitrogens with one attached hydrogen (secondary N) is 1. The molecule has 2 N–H and O–H groups in total. The zero-order valence-corrected chi connectivity index (χ0v) is 18.5. The maximum absolute atomic E-state index is 12.1. The Morgan fingerprint density at radius 3 is 2.43 bits per heavy atom. The van der Waals surface area contributed by atoms with Crippen LogP contribution in [0.25, 0.3) is 0 Å². The van der Waals surface area contributed by atoms with E-state index in [0.717, 1.165) is 28.7 Å². The number of hydrogen-bond acceptors (Lipinski definition) is 3. The van der Waals surface area contributed by atoms with Crippen LogP contribution < -0.4 is 5.32 Å². The third kappa shape index (κ3) is 6.73. The molecule has 0 aliphatic heterocycles. The first-order chi connectivity index (χ1) is 14.1. The summed E-state index contributed by atoms with van der Waals surface area (Å²) in [6.07, 6.45) is 12.8. The molecule has 0 aromatic heterocycles. The Kier molecular flexibility index (Phi) is 7.76. The molecule has 4 heteroatoms. The lowest BCUT2D eigenvalue weighted by Crippen LogP contribution is -2.24. The lowest BCUT2D eigenvalue weighted by molar-refractivity contribution is -0.116. The highest BCUT2D eigenvalue weighted by atomic mass is 16.3. The lowest BCUT2D eigenvalue weighted by atomic mass is 9.72. The summed E-state index contributed by atoms with van der Waals surface area (Å²) in [6, 6.07) is 6.33. The molecule has 0 saturated heterocycles. The van der Waals surface area contributed by atoms with Crippen molar-refractivity contribution in [1.29, 1.82) is 0 Å². The lowest BCUT2D eigenvalue weighted by Gasteiger charge is -2.32. The minimum Gasteiger partial charge on any atom is -0.508 e. The number of phenols is 1. The van der Waals surface area contributed by atoms with Crippen molar-refractivity contribution in [3.63, 3.8) is 0 Å². The second kappa shape index (κ2) is 10.1. The molecule has 0 unspecified atom stereocenters. The number of anilines is 1. The standard InChI is InChI=1S/C26H31NO3/c1-18(9-14-23-20(3)24(29)15-16-26(23,4)5)7-6-8-19(2)17-25(30)27-21-10-12-22(28)13-11-21/h6-14,17,28H,15-16H2,1-5H3,(H,27,30)/b8-6+,14-9+,18-7+,19-17-. The number of hydrogen-bond donors (Lipinski definition) is 2. The Bertz CT molecular complexity index is 954. The van der Waals surface area contributed by atoms with Crippen LogP contribution in [-0.2, 0) is 9.59 Å². The predicted octanol–water partition coefficient (Wildman–Crippen LogP) is 6.04. The van der Waals surface area contributed by atoms with Crippen molar-refractivity contribution < 1.29 is 14.7 Å². The van der Waals surface area contributed by atoms with Gasteiger partial charge in [0.05, 0.1) is 0 Å². The minimum absolute atomic E-state index is 0.00873. The van der Waals surface area contributed by atoms with Gasteiger partial charge < -0.3 is 10.4 Å². The molecule has 0 bridgehead atoms. The number of aromatic hydroxyl groups is 1. The molecule has 0 fully saturated rings.